The summed E-state index contributed by atoms with van der Waals surface area (Å²) in [5.74, 6) is 0.775. The van der Waals surface area contributed by atoms with Gasteiger partial charge in [0.05, 0.1) is 26.0 Å². The Morgan fingerprint density at radius 3 is 2.61 bits per heavy atom. The van der Waals surface area contributed by atoms with Crippen LogP contribution in [0, 0.1) is 0 Å². The van der Waals surface area contributed by atoms with Gasteiger partial charge in [-0.1, -0.05) is 6.07 Å². The molecule has 1 aromatic heterocycles. The van der Waals surface area contributed by atoms with Gasteiger partial charge in [-0.3, -0.25) is 4.79 Å². The first-order valence-electron chi connectivity index (χ1n) is 8.92. The van der Waals surface area contributed by atoms with Crippen LogP contribution in [0.3, 0.4) is 0 Å². The van der Waals surface area contributed by atoms with E-state index in [0.717, 1.165) is 5.56 Å². The van der Waals surface area contributed by atoms with Crippen LogP contribution in [-0.2, 0) is 20.9 Å². The molecule has 0 aliphatic carbocycles. The average molecular weight is 387 g/mol. The van der Waals surface area contributed by atoms with E-state index in [1.807, 2.05) is 13.8 Å². The number of carbonyl (C=O) groups is 2. The van der Waals surface area contributed by atoms with Crippen molar-refractivity contribution in [3.8, 4) is 11.5 Å². The van der Waals surface area contributed by atoms with E-state index in [0.29, 0.717) is 17.3 Å². The van der Waals surface area contributed by atoms with E-state index in [9.17, 15) is 9.59 Å². The molecule has 7 nitrogen and oxygen atoms in total. The van der Waals surface area contributed by atoms with Gasteiger partial charge in [-0.05, 0) is 56.7 Å². The van der Waals surface area contributed by atoms with Gasteiger partial charge in [-0.25, -0.2) is 4.79 Å². The van der Waals surface area contributed by atoms with Crippen LogP contribution in [0.2, 0.25) is 0 Å². The van der Waals surface area contributed by atoms with Gasteiger partial charge in [-0.15, -0.1) is 0 Å². The molecule has 28 heavy (non-hydrogen) atoms. The maximum Gasteiger partial charge on any atom is 0.331 e. The van der Waals surface area contributed by atoms with E-state index in [1.54, 1.807) is 43.5 Å². The molecule has 1 N–H and O–H groups in total. The van der Waals surface area contributed by atoms with Crippen LogP contribution in [-0.4, -0.2) is 31.2 Å². The molecule has 0 bridgehead atoms. The van der Waals surface area contributed by atoms with Crippen LogP contribution in [0.5, 0.6) is 11.5 Å². The molecule has 0 saturated heterocycles. The van der Waals surface area contributed by atoms with Crippen molar-refractivity contribution in [2.75, 3.05) is 7.11 Å². The topological polar surface area (TPSA) is 87.0 Å². The number of benzene rings is 1. The summed E-state index contributed by atoms with van der Waals surface area (Å²) in [6, 6.07) is 8.79. The van der Waals surface area contributed by atoms with Crippen LogP contribution in [0.1, 0.15) is 32.1 Å². The number of nitrogens with one attached hydrogen (secondary N) is 1. The third-order valence-corrected chi connectivity index (χ3v) is 3.64. The number of rotatable bonds is 9. The monoisotopic (exact) mass is 387 g/mol. The van der Waals surface area contributed by atoms with Crippen molar-refractivity contribution in [3.63, 3.8) is 0 Å². The number of methoxy groups -OCH3 is 1. The molecule has 0 aliphatic heterocycles. The Kier molecular flexibility index (Phi) is 7.68. The lowest BCUT2D eigenvalue weighted by atomic mass is 10.2. The minimum Gasteiger partial charge on any atom is -0.493 e. The van der Waals surface area contributed by atoms with Crippen LogP contribution < -0.4 is 14.8 Å². The zero-order chi connectivity index (χ0) is 20.5. The normalized spacial score (nSPS) is 12.0. The number of hydrogen-bond acceptors (Lipinski definition) is 6. The predicted molar refractivity (Wildman–Crippen MR) is 104 cm³/mol. The van der Waals surface area contributed by atoms with Crippen molar-refractivity contribution < 1.29 is 28.2 Å². The predicted octanol–water partition coefficient (Wildman–Crippen LogP) is 3.34. The number of ether oxygens (including phenoxy) is 3. The Balaban J connectivity index is 1.89. The standard InChI is InChI=1S/C21H25NO6/c1-14(2)27-18-9-7-16(12-19(18)25-4)8-10-20(23)28-15(3)21(24)22-13-17-6-5-11-26-17/h5-12,14-15H,13H2,1-4H3,(H,22,24)/b10-8+/t15-/m0/s1. The highest BCUT2D eigenvalue weighted by molar-refractivity contribution is 5.90. The van der Waals surface area contributed by atoms with Gasteiger partial charge < -0.3 is 23.9 Å². The number of hydrogen-bond donors (Lipinski definition) is 1. The zero-order valence-electron chi connectivity index (χ0n) is 16.4. The fraction of sp³-hybridized carbons (Fsp3) is 0.333. The Morgan fingerprint density at radius 1 is 1.18 bits per heavy atom. The van der Waals surface area contributed by atoms with Gasteiger partial charge in [0, 0.05) is 6.08 Å². The van der Waals surface area contributed by atoms with E-state index in [2.05, 4.69) is 5.32 Å². The molecule has 0 radical (unpaired) electrons. The summed E-state index contributed by atoms with van der Waals surface area (Å²) in [5.41, 5.74) is 0.736. The molecule has 1 amide bonds. The Bertz CT molecular complexity index is 810. The number of esters is 1. The van der Waals surface area contributed by atoms with Crippen LogP contribution in [0.25, 0.3) is 6.08 Å². The fourth-order valence-electron chi connectivity index (χ4n) is 2.30. The molecule has 1 atom stereocenters. The summed E-state index contributed by atoms with van der Waals surface area (Å²) in [5, 5.41) is 2.64. The van der Waals surface area contributed by atoms with Crippen molar-refractivity contribution in [3.05, 3.63) is 54.0 Å². The highest BCUT2D eigenvalue weighted by Gasteiger charge is 2.16. The van der Waals surface area contributed by atoms with E-state index in [1.165, 1.54) is 19.3 Å². The molecule has 0 saturated carbocycles. The fourth-order valence-corrected chi connectivity index (χ4v) is 2.30. The third-order valence-electron chi connectivity index (χ3n) is 3.64. The molecule has 150 valence electrons. The highest BCUT2D eigenvalue weighted by atomic mass is 16.5. The van der Waals surface area contributed by atoms with Crippen molar-refractivity contribution in [1.82, 2.24) is 5.32 Å². The second kappa shape index (κ2) is 10.2. The van der Waals surface area contributed by atoms with Crippen molar-refractivity contribution in [2.45, 2.75) is 39.5 Å². The van der Waals surface area contributed by atoms with Crippen LogP contribution in [0.15, 0.2) is 47.1 Å². The molecule has 0 unspecified atom stereocenters. The van der Waals surface area contributed by atoms with Gasteiger partial charge in [-0.2, -0.15) is 0 Å². The Hall–Kier alpha value is -3.22. The number of furan rings is 1. The van der Waals surface area contributed by atoms with Gasteiger partial charge in [0.1, 0.15) is 5.76 Å². The molecule has 0 aliphatic rings. The number of carbonyl (C=O) groups excluding carboxylic acids is 2. The summed E-state index contributed by atoms with van der Waals surface area (Å²) in [6.07, 6.45) is 3.45. The Morgan fingerprint density at radius 2 is 1.96 bits per heavy atom. The largest absolute Gasteiger partial charge is 0.493 e. The van der Waals surface area contributed by atoms with Crippen LogP contribution in [0.4, 0.5) is 0 Å². The highest BCUT2D eigenvalue weighted by Crippen LogP contribution is 2.29. The Labute approximate surface area is 164 Å². The summed E-state index contributed by atoms with van der Waals surface area (Å²) in [7, 11) is 1.55. The summed E-state index contributed by atoms with van der Waals surface area (Å²) in [6.45, 7) is 5.59. The maximum atomic E-state index is 12.0. The van der Waals surface area contributed by atoms with Gasteiger partial charge in [0.2, 0.25) is 0 Å². The maximum absolute atomic E-state index is 12.0. The number of amides is 1. The summed E-state index contributed by atoms with van der Waals surface area (Å²) >= 11 is 0. The minimum absolute atomic E-state index is 0.0192. The van der Waals surface area contributed by atoms with Gasteiger partial charge in [0.15, 0.2) is 17.6 Å². The SMILES string of the molecule is COc1cc(/C=C/C(=O)O[C@@H](C)C(=O)NCc2ccco2)ccc1OC(C)C. The molecule has 0 fully saturated rings. The molecule has 7 heteroatoms. The molecular weight excluding hydrogens is 362 g/mol. The minimum atomic E-state index is -0.927. The van der Waals surface area contributed by atoms with Gasteiger partial charge in [0.25, 0.3) is 5.91 Å². The van der Waals surface area contributed by atoms with E-state index < -0.39 is 18.0 Å². The van der Waals surface area contributed by atoms with E-state index >= 15 is 0 Å². The lowest BCUT2D eigenvalue weighted by Crippen LogP contribution is -2.35. The lowest BCUT2D eigenvalue weighted by molar-refractivity contribution is -0.150. The van der Waals surface area contributed by atoms with Crippen LogP contribution >= 0.6 is 0 Å². The second-order valence-corrected chi connectivity index (χ2v) is 6.29. The molecule has 2 rings (SSSR count). The molecule has 1 aromatic carbocycles. The first kappa shape index (κ1) is 21.1. The van der Waals surface area contributed by atoms with Gasteiger partial charge >= 0.3 is 5.97 Å². The van der Waals surface area contributed by atoms with Crippen molar-refractivity contribution in [2.24, 2.45) is 0 Å². The van der Waals surface area contributed by atoms with E-state index in [4.69, 9.17) is 18.6 Å². The summed E-state index contributed by atoms with van der Waals surface area (Å²) < 4.78 is 21.2. The molecule has 1 heterocycles. The zero-order valence-corrected chi connectivity index (χ0v) is 16.4. The molecule has 0 spiro atoms. The lowest BCUT2D eigenvalue weighted by Gasteiger charge is -2.14. The van der Waals surface area contributed by atoms with Crippen molar-refractivity contribution in [1.29, 1.82) is 0 Å². The first-order chi connectivity index (χ1) is 13.4. The summed E-state index contributed by atoms with van der Waals surface area (Å²) in [4.78, 5) is 23.9. The molecular formula is C21H25NO6. The second-order valence-electron chi connectivity index (χ2n) is 6.29. The third kappa shape index (κ3) is 6.50. The van der Waals surface area contributed by atoms with E-state index in [-0.39, 0.29) is 12.6 Å². The smallest absolute Gasteiger partial charge is 0.331 e. The van der Waals surface area contributed by atoms with Crippen molar-refractivity contribution >= 4 is 18.0 Å². The quantitative estimate of drug-likeness (QED) is 0.525. The first-order valence-corrected chi connectivity index (χ1v) is 8.92. The average Bonchev–Trinajstić information content (AvgIpc) is 3.18. The molecule has 2 aromatic rings.